The predicted octanol–water partition coefficient (Wildman–Crippen LogP) is 2.72. The maximum absolute atomic E-state index is 6.46. The van der Waals surface area contributed by atoms with Gasteiger partial charge in [-0.25, -0.2) is 0 Å². The van der Waals surface area contributed by atoms with E-state index in [0.717, 1.165) is 49.4 Å². The van der Waals surface area contributed by atoms with Crippen LogP contribution in [-0.2, 0) is 0 Å². The second-order valence-corrected chi connectivity index (χ2v) is 6.29. The van der Waals surface area contributed by atoms with Crippen molar-refractivity contribution in [2.24, 2.45) is 5.73 Å². The number of nitrogens with zero attached hydrogens (tertiary/aromatic N) is 1. The average Bonchev–Trinajstić information content (AvgIpc) is 2.69. The lowest BCUT2D eigenvalue weighted by molar-refractivity contribution is 0.0217. The molecule has 0 aliphatic carbocycles. The molecule has 1 aromatic carbocycles. The lowest BCUT2D eigenvalue weighted by Gasteiger charge is -2.41. The number of hydrogen-bond donors (Lipinski definition) is 1. The molecule has 2 atom stereocenters. The molecule has 1 aromatic rings. The van der Waals surface area contributed by atoms with Gasteiger partial charge < -0.3 is 20.1 Å². The lowest BCUT2D eigenvalue weighted by atomic mass is 9.82. The Morgan fingerprint density at radius 2 is 2.24 bits per heavy atom. The highest BCUT2D eigenvalue weighted by atomic mass is 16.5. The Labute approximate surface area is 127 Å². The lowest BCUT2D eigenvalue weighted by Crippen LogP contribution is -2.43. The van der Waals surface area contributed by atoms with Gasteiger partial charge in [0, 0.05) is 30.6 Å². The summed E-state index contributed by atoms with van der Waals surface area (Å²) < 4.78 is 11.8. The molecule has 2 unspecified atom stereocenters. The summed E-state index contributed by atoms with van der Waals surface area (Å²) in [5.41, 5.74) is 7.44. The van der Waals surface area contributed by atoms with E-state index in [1.54, 1.807) is 7.11 Å². The monoisotopic (exact) mass is 290 g/mol. The average molecular weight is 290 g/mol. The minimum Gasteiger partial charge on any atom is -0.497 e. The molecule has 21 heavy (non-hydrogen) atoms. The van der Waals surface area contributed by atoms with Crippen LogP contribution in [0, 0.1) is 0 Å². The summed E-state index contributed by atoms with van der Waals surface area (Å²) in [5.74, 6) is 1.75. The van der Waals surface area contributed by atoms with Crippen molar-refractivity contribution >= 4 is 0 Å². The number of hydrogen-bond acceptors (Lipinski definition) is 4. The van der Waals surface area contributed by atoms with Crippen LogP contribution in [0.1, 0.15) is 44.2 Å². The second-order valence-electron chi connectivity index (χ2n) is 6.29. The SMILES string of the molecule is CCN1CCCC2(CC1)CC(N)c1ccc(OC)cc1O2. The van der Waals surface area contributed by atoms with E-state index < -0.39 is 0 Å². The van der Waals surface area contributed by atoms with E-state index >= 15 is 0 Å². The Balaban J connectivity index is 1.86. The van der Waals surface area contributed by atoms with E-state index in [4.69, 9.17) is 15.2 Å². The van der Waals surface area contributed by atoms with Gasteiger partial charge >= 0.3 is 0 Å². The molecule has 2 heterocycles. The number of benzene rings is 1. The molecule has 0 radical (unpaired) electrons. The van der Waals surface area contributed by atoms with Crippen LogP contribution in [0.5, 0.6) is 11.5 Å². The fourth-order valence-electron chi connectivity index (χ4n) is 3.67. The molecule has 2 N–H and O–H groups in total. The summed E-state index contributed by atoms with van der Waals surface area (Å²) >= 11 is 0. The Morgan fingerprint density at radius 1 is 1.38 bits per heavy atom. The molecule has 0 aromatic heterocycles. The first-order chi connectivity index (χ1) is 10.2. The zero-order chi connectivity index (χ0) is 14.9. The van der Waals surface area contributed by atoms with Crippen molar-refractivity contribution < 1.29 is 9.47 Å². The molecule has 4 heteroatoms. The highest BCUT2D eigenvalue weighted by molar-refractivity contribution is 5.44. The zero-order valence-corrected chi connectivity index (χ0v) is 13.1. The first kappa shape index (κ1) is 14.7. The van der Waals surface area contributed by atoms with Crippen molar-refractivity contribution in [2.45, 2.75) is 44.2 Å². The molecule has 0 amide bonds. The Bertz CT molecular complexity index is 506. The van der Waals surface area contributed by atoms with Crippen LogP contribution in [0.3, 0.4) is 0 Å². The summed E-state index contributed by atoms with van der Waals surface area (Å²) in [6.07, 6.45) is 4.25. The highest BCUT2D eigenvalue weighted by Gasteiger charge is 2.40. The summed E-state index contributed by atoms with van der Waals surface area (Å²) in [7, 11) is 1.69. The first-order valence-corrected chi connectivity index (χ1v) is 8.01. The molecule has 116 valence electrons. The molecule has 2 aliphatic heterocycles. The summed E-state index contributed by atoms with van der Waals surface area (Å²) in [5, 5.41) is 0. The Morgan fingerprint density at radius 3 is 3.00 bits per heavy atom. The van der Waals surface area contributed by atoms with E-state index in [1.165, 1.54) is 13.0 Å². The Kier molecular flexibility index (Phi) is 4.09. The van der Waals surface area contributed by atoms with Crippen LogP contribution in [-0.4, -0.2) is 37.2 Å². The number of fused-ring (bicyclic) bond motifs is 1. The van der Waals surface area contributed by atoms with Gasteiger partial charge in [-0.1, -0.05) is 13.0 Å². The largest absolute Gasteiger partial charge is 0.497 e. The smallest absolute Gasteiger partial charge is 0.128 e. The van der Waals surface area contributed by atoms with Crippen LogP contribution in [0.15, 0.2) is 18.2 Å². The standard InChI is InChI=1S/C17H26N2O2/c1-3-19-9-4-7-17(8-10-19)12-15(18)14-6-5-13(20-2)11-16(14)21-17/h5-6,11,15H,3-4,7-10,12,18H2,1-2H3. The predicted molar refractivity (Wildman–Crippen MR) is 83.9 cm³/mol. The van der Waals surface area contributed by atoms with Gasteiger partial charge in [0.05, 0.1) is 7.11 Å². The molecule has 2 aliphatic rings. The van der Waals surface area contributed by atoms with Gasteiger partial charge in [0.15, 0.2) is 0 Å². The fourth-order valence-corrected chi connectivity index (χ4v) is 3.67. The van der Waals surface area contributed by atoms with E-state index in [-0.39, 0.29) is 11.6 Å². The normalized spacial score (nSPS) is 29.6. The van der Waals surface area contributed by atoms with Crippen molar-refractivity contribution in [3.63, 3.8) is 0 Å². The van der Waals surface area contributed by atoms with Gasteiger partial charge in [0.2, 0.25) is 0 Å². The molecule has 3 rings (SSSR count). The number of rotatable bonds is 2. The van der Waals surface area contributed by atoms with E-state index in [2.05, 4.69) is 11.8 Å². The first-order valence-electron chi connectivity index (χ1n) is 8.01. The van der Waals surface area contributed by atoms with Gasteiger partial charge in [-0.2, -0.15) is 0 Å². The van der Waals surface area contributed by atoms with Crippen molar-refractivity contribution in [1.82, 2.24) is 4.90 Å². The molecular formula is C17H26N2O2. The summed E-state index contributed by atoms with van der Waals surface area (Å²) in [6.45, 7) is 5.61. The molecule has 0 saturated carbocycles. The number of ether oxygens (including phenoxy) is 2. The zero-order valence-electron chi connectivity index (χ0n) is 13.1. The minimum atomic E-state index is -0.0945. The van der Waals surface area contributed by atoms with Gasteiger partial charge in [0.25, 0.3) is 0 Å². The van der Waals surface area contributed by atoms with E-state index in [9.17, 15) is 0 Å². The maximum atomic E-state index is 6.46. The number of likely N-dealkylation sites (tertiary alicyclic amines) is 1. The fraction of sp³-hybridized carbons (Fsp3) is 0.647. The number of methoxy groups -OCH3 is 1. The minimum absolute atomic E-state index is 0.0628. The molecule has 1 fully saturated rings. The van der Waals surface area contributed by atoms with Crippen molar-refractivity contribution in [1.29, 1.82) is 0 Å². The van der Waals surface area contributed by atoms with Crippen LogP contribution >= 0.6 is 0 Å². The Hall–Kier alpha value is -1.26. The highest BCUT2D eigenvalue weighted by Crippen LogP contribution is 2.44. The molecular weight excluding hydrogens is 264 g/mol. The van der Waals surface area contributed by atoms with Gasteiger partial charge in [-0.15, -0.1) is 0 Å². The summed E-state index contributed by atoms with van der Waals surface area (Å²) in [6, 6.07) is 6.05. The van der Waals surface area contributed by atoms with Gasteiger partial charge in [-0.3, -0.25) is 0 Å². The quantitative estimate of drug-likeness (QED) is 0.910. The third-order valence-electron chi connectivity index (χ3n) is 4.98. The van der Waals surface area contributed by atoms with Crippen LogP contribution in [0.2, 0.25) is 0 Å². The van der Waals surface area contributed by atoms with Crippen LogP contribution < -0.4 is 15.2 Å². The number of nitrogens with two attached hydrogens (primary N) is 1. The van der Waals surface area contributed by atoms with Crippen molar-refractivity contribution in [2.75, 3.05) is 26.7 Å². The second kappa shape index (κ2) is 5.85. The molecule has 0 bridgehead atoms. The molecule has 1 spiro atoms. The van der Waals surface area contributed by atoms with Crippen LogP contribution in [0.4, 0.5) is 0 Å². The summed E-state index contributed by atoms with van der Waals surface area (Å²) in [4.78, 5) is 2.50. The third kappa shape index (κ3) is 2.87. The molecule has 1 saturated heterocycles. The van der Waals surface area contributed by atoms with E-state index in [1.807, 2.05) is 18.2 Å². The van der Waals surface area contributed by atoms with Crippen LogP contribution in [0.25, 0.3) is 0 Å². The molecule has 4 nitrogen and oxygen atoms in total. The van der Waals surface area contributed by atoms with Crippen molar-refractivity contribution in [3.05, 3.63) is 23.8 Å². The van der Waals surface area contributed by atoms with Crippen molar-refractivity contribution in [3.8, 4) is 11.5 Å². The topological polar surface area (TPSA) is 47.7 Å². The van der Waals surface area contributed by atoms with E-state index in [0.29, 0.717) is 0 Å². The maximum Gasteiger partial charge on any atom is 0.128 e. The third-order valence-corrected chi connectivity index (χ3v) is 4.98. The van der Waals surface area contributed by atoms with Gasteiger partial charge in [-0.05, 0) is 38.4 Å². The van der Waals surface area contributed by atoms with Gasteiger partial charge in [0.1, 0.15) is 17.1 Å².